The van der Waals surface area contributed by atoms with Gasteiger partial charge in [0.25, 0.3) is 5.91 Å². The molecule has 0 radical (unpaired) electrons. The summed E-state index contributed by atoms with van der Waals surface area (Å²) in [6.07, 6.45) is 1.35. The fraction of sp³-hybridized carbons (Fsp3) is 0.278. The van der Waals surface area contributed by atoms with Crippen LogP contribution in [-0.2, 0) is 20.2 Å². The van der Waals surface area contributed by atoms with Gasteiger partial charge in [-0.15, -0.1) is 0 Å². The topological polar surface area (TPSA) is 105 Å². The Labute approximate surface area is 265 Å². The first-order chi connectivity index (χ1) is 21.5. The van der Waals surface area contributed by atoms with Crippen molar-refractivity contribution in [3.05, 3.63) is 114 Å². The van der Waals surface area contributed by atoms with Crippen molar-refractivity contribution in [2.24, 2.45) is 0 Å². The number of ether oxygens (including phenoxy) is 1. The van der Waals surface area contributed by atoms with E-state index in [-0.39, 0.29) is 28.8 Å². The van der Waals surface area contributed by atoms with Gasteiger partial charge in [0.05, 0.1) is 23.3 Å². The second kappa shape index (κ2) is 13.3. The molecule has 0 aliphatic carbocycles. The van der Waals surface area contributed by atoms with Crippen LogP contribution in [0.1, 0.15) is 59.9 Å². The van der Waals surface area contributed by atoms with Gasteiger partial charge in [-0.1, -0.05) is 75.4 Å². The zero-order valence-electron chi connectivity index (χ0n) is 26.0. The van der Waals surface area contributed by atoms with Crippen molar-refractivity contribution in [3.63, 3.8) is 0 Å². The van der Waals surface area contributed by atoms with Crippen LogP contribution in [0.5, 0.6) is 0 Å². The van der Waals surface area contributed by atoms with E-state index in [0.717, 1.165) is 16.7 Å². The second-order valence-electron chi connectivity index (χ2n) is 12.3. The van der Waals surface area contributed by atoms with Crippen LogP contribution in [-0.4, -0.2) is 50.8 Å². The molecule has 0 spiro atoms. The number of rotatable bonds is 8. The van der Waals surface area contributed by atoms with E-state index in [9.17, 15) is 18.0 Å². The third kappa shape index (κ3) is 7.44. The lowest BCUT2D eigenvalue weighted by Crippen LogP contribution is -2.45. The minimum absolute atomic E-state index is 0.0275. The van der Waals surface area contributed by atoms with Gasteiger partial charge in [0.2, 0.25) is 10.0 Å². The maximum Gasteiger partial charge on any atom is 0.339 e. The summed E-state index contributed by atoms with van der Waals surface area (Å²) in [5.41, 5.74) is 4.81. The zero-order valence-corrected chi connectivity index (χ0v) is 26.9. The molecule has 1 fully saturated rings. The molecule has 1 unspecified atom stereocenters. The number of carbonyl (C=O) groups is 2. The standard InChI is InChI=1S/C36H39N3O5S/c1-36(2,3)28-16-12-27(13-17-28)34(40)38-29-18-21-32(35(41)44-4)33(23-29)37-30-11-8-22-39(24-30)45(42,43)31-19-14-26(15-20-31)25-9-6-5-7-10-25/h5-7,9-10,12-21,23,30,37H,8,11,22,24H2,1-4H3,(H,38,40). The summed E-state index contributed by atoms with van der Waals surface area (Å²) in [6, 6.07) is 28.9. The number of benzene rings is 4. The van der Waals surface area contributed by atoms with Crippen molar-refractivity contribution in [2.45, 2.75) is 50.0 Å². The molecular formula is C36H39N3O5S. The van der Waals surface area contributed by atoms with Gasteiger partial charge < -0.3 is 15.4 Å². The van der Waals surface area contributed by atoms with Crippen LogP contribution >= 0.6 is 0 Å². The van der Waals surface area contributed by atoms with Crippen LogP contribution in [0.3, 0.4) is 0 Å². The summed E-state index contributed by atoms with van der Waals surface area (Å²) in [7, 11) is -2.43. The average Bonchev–Trinajstić information content (AvgIpc) is 3.05. The average molecular weight is 626 g/mol. The van der Waals surface area contributed by atoms with Crippen molar-refractivity contribution in [1.82, 2.24) is 4.31 Å². The molecule has 1 heterocycles. The summed E-state index contributed by atoms with van der Waals surface area (Å²) in [6.45, 7) is 6.96. The number of hydrogen-bond donors (Lipinski definition) is 2. The Balaban J connectivity index is 1.32. The van der Waals surface area contributed by atoms with Gasteiger partial charge in [0.15, 0.2) is 0 Å². The third-order valence-corrected chi connectivity index (χ3v) is 9.92. The minimum atomic E-state index is -3.74. The monoisotopic (exact) mass is 625 g/mol. The lowest BCUT2D eigenvalue weighted by molar-refractivity contribution is 0.0601. The molecule has 0 aromatic heterocycles. The third-order valence-electron chi connectivity index (χ3n) is 8.04. The number of esters is 1. The Morgan fingerprint density at radius 2 is 1.53 bits per heavy atom. The maximum atomic E-state index is 13.6. The Morgan fingerprint density at radius 3 is 2.18 bits per heavy atom. The number of piperidine rings is 1. The van der Waals surface area contributed by atoms with Crippen molar-refractivity contribution < 1.29 is 22.7 Å². The van der Waals surface area contributed by atoms with Crippen LogP contribution in [0.25, 0.3) is 11.1 Å². The van der Waals surface area contributed by atoms with Crippen LogP contribution in [0, 0.1) is 0 Å². The van der Waals surface area contributed by atoms with Gasteiger partial charge in [-0.3, -0.25) is 4.79 Å². The predicted octanol–water partition coefficient (Wildman–Crippen LogP) is 6.96. The predicted molar refractivity (Wildman–Crippen MR) is 178 cm³/mol. The number of anilines is 2. The lowest BCUT2D eigenvalue weighted by atomic mass is 9.87. The SMILES string of the molecule is COC(=O)c1ccc(NC(=O)c2ccc(C(C)(C)C)cc2)cc1NC1CCCN(S(=O)(=O)c2ccc(-c3ccccc3)cc2)C1. The number of hydrogen-bond acceptors (Lipinski definition) is 6. The van der Waals surface area contributed by atoms with Gasteiger partial charge in [-0.2, -0.15) is 4.31 Å². The number of sulfonamides is 1. The molecule has 0 bridgehead atoms. The molecule has 1 amide bonds. The van der Waals surface area contributed by atoms with Crippen molar-refractivity contribution >= 4 is 33.3 Å². The lowest BCUT2D eigenvalue weighted by Gasteiger charge is -2.33. The first kappa shape index (κ1) is 31.9. The van der Waals surface area contributed by atoms with E-state index in [1.807, 2.05) is 54.6 Å². The molecule has 0 saturated carbocycles. The van der Waals surface area contributed by atoms with Crippen molar-refractivity contribution in [2.75, 3.05) is 30.8 Å². The summed E-state index contributed by atoms with van der Waals surface area (Å²) in [5.74, 6) is -0.813. The van der Waals surface area contributed by atoms with Gasteiger partial charge in [-0.25, -0.2) is 13.2 Å². The van der Waals surface area contributed by atoms with Crippen molar-refractivity contribution in [3.8, 4) is 11.1 Å². The van der Waals surface area contributed by atoms with Gasteiger partial charge in [0, 0.05) is 30.4 Å². The van der Waals surface area contributed by atoms with E-state index in [0.29, 0.717) is 41.9 Å². The Morgan fingerprint density at radius 1 is 0.867 bits per heavy atom. The van der Waals surface area contributed by atoms with Gasteiger partial charge >= 0.3 is 5.97 Å². The van der Waals surface area contributed by atoms with Crippen LogP contribution in [0.15, 0.2) is 102 Å². The van der Waals surface area contributed by atoms with Crippen LogP contribution < -0.4 is 10.6 Å². The molecule has 2 N–H and O–H groups in total. The highest BCUT2D eigenvalue weighted by atomic mass is 32.2. The summed E-state index contributed by atoms with van der Waals surface area (Å²) < 4.78 is 33.7. The Kier molecular flexibility index (Phi) is 9.41. The van der Waals surface area contributed by atoms with E-state index in [1.165, 1.54) is 11.4 Å². The van der Waals surface area contributed by atoms with E-state index in [1.54, 1.807) is 42.5 Å². The quantitative estimate of drug-likeness (QED) is 0.205. The summed E-state index contributed by atoms with van der Waals surface area (Å²) >= 11 is 0. The molecule has 1 aliphatic rings. The minimum Gasteiger partial charge on any atom is -0.465 e. The normalized spacial score (nSPS) is 15.7. The Bertz CT molecular complexity index is 1760. The molecule has 4 aromatic carbocycles. The number of carbonyl (C=O) groups excluding carboxylic acids is 2. The molecule has 8 nitrogen and oxygen atoms in total. The van der Waals surface area contributed by atoms with Gasteiger partial charge in [-0.05, 0) is 77.4 Å². The fourth-order valence-corrected chi connectivity index (χ4v) is 6.98. The molecule has 5 rings (SSSR count). The van der Waals surface area contributed by atoms with E-state index < -0.39 is 16.0 Å². The number of methoxy groups -OCH3 is 1. The van der Waals surface area contributed by atoms with Gasteiger partial charge in [0.1, 0.15) is 0 Å². The molecule has 45 heavy (non-hydrogen) atoms. The number of nitrogens with zero attached hydrogens (tertiary/aromatic N) is 1. The van der Waals surface area contributed by atoms with E-state index in [2.05, 4.69) is 31.4 Å². The Hall–Kier alpha value is -4.47. The highest BCUT2D eigenvalue weighted by molar-refractivity contribution is 7.89. The zero-order chi connectivity index (χ0) is 32.2. The smallest absolute Gasteiger partial charge is 0.339 e. The largest absolute Gasteiger partial charge is 0.465 e. The second-order valence-corrected chi connectivity index (χ2v) is 14.2. The molecular weight excluding hydrogens is 586 g/mol. The fourth-order valence-electron chi connectivity index (χ4n) is 5.45. The van der Waals surface area contributed by atoms with E-state index in [4.69, 9.17) is 4.74 Å². The van der Waals surface area contributed by atoms with Crippen LogP contribution in [0.4, 0.5) is 11.4 Å². The summed E-state index contributed by atoms with van der Waals surface area (Å²) in [4.78, 5) is 25.9. The van der Waals surface area contributed by atoms with Crippen LogP contribution in [0.2, 0.25) is 0 Å². The highest BCUT2D eigenvalue weighted by Gasteiger charge is 2.31. The summed E-state index contributed by atoms with van der Waals surface area (Å²) in [5, 5.41) is 6.28. The molecule has 1 saturated heterocycles. The van der Waals surface area contributed by atoms with E-state index >= 15 is 0 Å². The maximum absolute atomic E-state index is 13.6. The molecule has 234 valence electrons. The molecule has 1 aliphatic heterocycles. The first-order valence-electron chi connectivity index (χ1n) is 15.0. The number of amides is 1. The molecule has 4 aromatic rings. The molecule has 9 heteroatoms. The van der Waals surface area contributed by atoms with Crippen molar-refractivity contribution in [1.29, 1.82) is 0 Å². The highest BCUT2D eigenvalue weighted by Crippen LogP contribution is 2.29. The first-order valence-corrected chi connectivity index (χ1v) is 16.5. The molecule has 1 atom stereocenters. The number of nitrogens with one attached hydrogen (secondary N) is 2.